The minimum absolute atomic E-state index is 0.368. The van der Waals surface area contributed by atoms with Crippen LogP contribution in [0.1, 0.15) is 88.1 Å². The number of fused-ring (bicyclic) bond motifs is 4. The van der Waals surface area contributed by atoms with E-state index in [1.54, 1.807) is 0 Å². The third-order valence-electron chi connectivity index (χ3n) is 11.1. The lowest BCUT2D eigenvalue weighted by Crippen LogP contribution is -2.31. The van der Waals surface area contributed by atoms with E-state index >= 15 is 0 Å². The Bertz CT molecular complexity index is 2300. The lowest BCUT2D eigenvalue weighted by Gasteiger charge is -2.38. The molecule has 3 heteroatoms. The Kier molecular flexibility index (Phi) is 9.10. The minimum Gasteiger partial charge on any atom is -0.147 e. The predicted molar refractivity (Wildman–Crippen MR) is 222 cm³/mol. The van der Waals surface area contributed by atoms with Crippen LogP contribution in [0.4, 0.5) is 0 Å². The second kappa shape index (κ2) is 13.7. The molecule has 0 radical (unpaired) electrons. The Morgan fingerprint density at radius 3 is 2.12 bits per heavy atom. The van der Waals surface area contributed by atoms with Crippen LogP contribution in [0.3, 0.4) is 0 Å². The fourth-order valence-electron chi connectivity index (χ4n) is 8.37. The molecule has 2 atom stereocenters. The number of halogens is 1. The van der Waals surface area contributed by atoms with Crippen molar-refractivity contribution in [3.8, 4) is 23.0 Å². The maximum Gasteiger partial charge on any atom is 0.0954 e. The zero-order valence-electron chi connectivity index (χ0n) is 29.5. The van der Waals surface area contributed by atoms with Crippen LogP contribution in [0.25, 0.3) is 16.7 Å². The molecule has 0 nitrogen and oxygen atoms in total. The molecule has 0 N–H and O–H groups in total. The van der Waals surface area contributed by atoms with E-state index in [1.807, 2.05) is 30.0 Å². The van der Waals surface area contributed by atoms with Gasteiger partial charge in [-0.25, -0.2) is 0 Å². The second-order valence-electron chi connectivity index (χ2n) is 13.9. The van der Waals surface area contributed by atoms with Crippen LogP contribution in [-0.4, -0.2) is 0 Å². The number of thioether (sulfide) groups is 1. The SMILES string of the molecule is C=C1C=CSC(c2ccc(CCl)cc2)(c2ccc(CC#CC)cc2)c2cc3c(cc21)C(C1=CC=C(CC)CC1)(c1ccc(C)cc1)c1sccc1-3. The van der Waals surface area contributed by atoms with Gasteiger partial charge in [0.15, 0.2) is 0 Å². The molecule has 3 aliphatic rings. The topological polar surface area (TPSA) is 0 Å². The van der Waals surface area contributed by atoms with Crippen LogP contribution in [0.2, 0.25) is 0 Å². The molecule has 0 saturated carbocycles. The average Bonchev–Trinajstić information content (AvgIpc) is 3.72. The molecule has 5 aromatic rings. The van der Waals surface area contributed by atoms with Crippen molar-refractivity contribution in [2.45, 2.75) is 62.5 Å². The van der Waals surface area contributed by atoms with Crippen LogP contribution in [0.5, 0.6) is 0 Å². The van der Waals surface area contributed by atoms with E-state index in [1.165, 1.54) is 71.7 Å². The largest absolute Gasteiger partial charge is 0.147 e. The molecule has 2 unspecified atom stereocenters. The van der Waals surface area contributed by atoms with Gasteiger partial charge < -0.3 is 0 Å². The molecule has 0 amide bonds. The van der Waals surface area contributed by atoms with E-state index in [0.29, 0.717) is 5.88 Å². The first kappa shape index (κ1) is 33.9. The Labute approximate surface area is 316 Å². The van der Waals surface area contributed by atoms with Gasteiger partial charge in [0, 0.05) is 17.2 Å². The molecule has 51 heavy (non-hydrogen) atoms. The van der Waals surface area contributed by atoms with Crippen LogP contribution in [-0.2, 0) is 22.5 Å². The Balaban J connectivity index is 1.44. The molecule has 0 fully saturated rings. The molecule has 4 aromatic carbocycles. The lowest BCUT2D eigenvalue weighted by molar-refractivity contribution is 0.687. The van der Waals surface area contributed by atoms with Crippen molar-refractivity contribution in [3.63, 3.8) is 0 Å². The van der Waals surface area contributed by atoms with Crippen molar-refractivity contribution in [2.75, 3.05) is 0 Å². The monoisotopic (exact) mass is 716 g/mol. The Hall–Kier alpha value is -4.26. The molecule has 2 aliphatic carbocycles. The van der Waals surface area contributed by atoms with Crippen LogP contribution >= 0.6 is 34.7 Å². The highest BCUT2D eigenvalue weighted by Gasteiger charge is 2.50. The van der Waals surface area contributed by atoms with E-state index in [0.717, 1.165) is 36.8 Å². The maximum absolute atomic E-state index is 6.32. The molecule has 0 bridgehead atoms. The number of alkyl halides is 1. The van der Waals surface area contributed by atoms with Gasteiger partial charge in [0.25, 0.3) is 0 Å². The fraction of sp³-hybridized carbons (Fsp3) is 0.208. The maximum atomic E-state index is 6.32. The van der Waals surface area contributed by atoms with Crippen LogP contribution in [0.15, 0.2) is 138 Å². The summed E-state index contributed by atoms with van der Waals surface area (Å²) in [6, 6.07) is 34.7. The van der Waals surface area contributed by atoms with E-state index in [4.69, 9.17) is 18.2 Å². The molecule has 1 aromatic heterocycles. The van der Waals surface area contributed by atoms with Gasteiger partial charge in [-0.2, -0.15) is 0 Å². The molecule has 1 aliphatic heterocycles. The van der Waals surface area contributed by atoms with E-state index in [2.05, 4.69) is 146 Å². The number of aryl methyl sites for hydroxylation is 1. The third kappa shape index (κ3) is 5.45. The molecule has 8 rings (SSSR count). The Morgan fingerprint density at radius 2 is 1.47 bits per heavy atom. The summed E-state index contributed by atoms with van der Waals surface area (Å²) in [7, 11) is 0. The highest BCUT2D eigenvalue weighted by Crippen LogP contribution is 2.62. The quantitative estimate of drug-likeness (QED) is 0.119. The van der Waals surface area contributed by atoms with Gasteiger partial charge in [0.1, 0.15) is 0 Å². The summed E-state index contributed by atoms with van der Waals surface area (Å²) >= 11 is 10.1. The predicted octanol–water partition coefficient (Wildman–Crippen LogP) is 13.3. The summed E-state index contributed by atoms with van der Waals surface area (Å²) < 4.78 is -0.520. The first-order valence-electron chi connectivity index (χ1n) is 17.9. The first-order chi connectivity index (χ1) is 24.9. The fourth-order valence-corrected chi connectivity index (χ4v) is 11.0. The number of thiophene rings is 1. The highest BCUT2D eigenvalue weighted by atomic mass is 35.5. The number of hydrogen-bond acceptors (Lipinski definition) is 2. The number of hydrogen-bond donors (Lipinski definition) is 0. The van der Waals surface area contributed by atoms with Gasteiger partial charge in [-0.3, -0.25) is 0 Å². The number of benzene rings is 4. The number of allylic oxidation sites excluding steroid dienone is 6. The smallest absolute Gasteiger partial charge is 0.0954 e. The van der Waals surface area contributed by atoms with E-state index in [9.17, 15) is 0 Å². The highest BCUT2D eigenvalue weighted by molar-refractivity contribution is 8.03. The van der Waals surface area contributed by atoms with Gasteiger partial charge in [0.05, 0.1) is 10.2 Å². The van der Waals surface area contributed by atoms with Crippen molar-refractivity contribution in [3.05, 3.63) is 193 Å². The van der Waals surface area contributed by atoms with Gasteiger partial charge in [-0.05, 0) is 135 Å². The van der Waals surface area contributed by atoms with Crippen molar-refractivity contribution >= 4 is 40.3 Å². The molecule has 2 heterocycles. The average molecular weight is 717 g/mol. The third-order valence-corrected chi connectivity index (χ3v) is 13.8. The van der Waals surface area contributed by atoms with Crippen LogP contribution < -0.4 is 0 Å². The lowest BCUT2D eigenvalue weighted by atomic mass is 9.66. The normalized spacial score (nSPS) is 20.4. The summed E-state index contributed by atoms with van der Waals surface area (Å²) in [5, 5.41) is 4.55. The second-order valence-corrected chi connectivity index (χ2v) is 16.2. The summed E-state index contributed by atoms with van der Waals surface area (Å²) in [5.41, 5.74) is 17.6. The zero-order valence-corrected chi connectivity index (χ0v) is 31.9. The van der Waals surface area contributed by atoms with Crippen molar-refractivity contribution in [1.82, 2.24) is 0 Å². The first-order valence-corrected chi connectivity index (χ1v) is 20.1. The molecular formula is C48H41ClS2. The van der Waals surface area contributed by atoms with E-state index in [-0.39, 0.29) is 5.41 Å². The summed E-state index contributed by atoms with van der Waals surface area (Å²) in [6.07, 6.45) is 11.0. The Morgan fingerprint density at radius 1 is 0.784 bits per heavy atom. The van der Waals surface area contributed by atoms with E-state index < -0.39 is 4.75 Å². The van der Waals surface area contributed by atoms with Gasteiger partial charge in [-0.1, -0.05) is 116 Å². The standard InChI is InChI=1S/C48H41ClS2/c1-5-7-8-35-13-21-39(22-14-35)48(40-23-15-36(31-49)16-24-40)45-30-43-41-26-27-50-46(41)47(37-17-9-32(3)10-18-37,38-19-11-34(6-2)12-20-38)44(43)29-42(45)33(4)25-28-51-48/h9-11,13-19,21-30H,4,6,8,12,20,31H2,1-3H3. The summed E-state index contributed by atoms with van der Waals surface area (Å²) in [5.74, 6) is 6.78. The van der Waals surface area contributed by atoms with Gasteiger partial charge in [-0.15, -0.1) is 40.6 Å². The van der Waals surface area contributed by atoms with Crippen molar-refractivity contribution in [1.29, 1.82) is 0 Å². The minimum atomic E-state index is -0.520. The summed E-state index contributed by atoms with van der Waals surface area (Å²) in [4.78, 5) is 1.42. The van der Waals surface area contributed by atoms with Crippen molar-refractivity contribution in [2.24, 2.45) is 0 Å². The molecule has 252 valence electrons. The molecule has 0 spiro atoms. The zero-order chi connectivity index (χ0) is 35.2. The molecular weight excluding hydrogens is 676 g/mol. The number of rotatable bonds is 7. The van der Waals surface area contributed by atoms with Gasteiger partial charge in [0.2, 0.25) is 0 Å². The molecule has 0 saturated heterocycles. The summed E-state index contributed by atoms with van der Waals surface area (Å²) in [6.45, 7) is 11.1. The van der Waals surface area contributed by atoms with Gasteiger partial charge >= 0.3 is 0 Å². The van der Waals surface area contributed by atoms with Crippen LogP contribution in [0, 0.1) is 18.8 Å². The van der Waals surface area contributed by atoms with Crippen molar-refractivity contribution < 1.29 is 0 Å².